The van der Waals surface area contributed by atoms with Crippen LogP contribution in [0.25, 0.3) is 0 Å². The van der Waals surface area contributed by atoms with E-state index in [2.05, 4.69) is 47.3 Å². The van der Waals surface area contributed by atoms with Crippen molar-refractivity contribution in [3.8, 4) is 0 Å². The molecule has 63 heavy (non-hydrogen) atoms. The van der Waals surface area contributed by atoms with Gasteiger partial charge in [0.2, 0.25) is 6.29 Å². The van der Waals surface area contributed by atoms with Crippen molar-refractivity contribution in [2.75, 3.05) is 19.8 Å². The van der Waals surface area contributed by atoms with Gasteiger partial charge >= 0.3 is 5.97 Å². The summed E-state index contributed by atoms with van der Waals surface area (Å²) in [4.78, 5) is 14.5. The van der Waals surface area contributed by atoms with Gasteiger partial charge in [-0.05, 0) is 97.7 Å². The minimum atomic E-state index is -1.72. The molecular formula is C46H72O17. The molecule has 22 atom stereocenters. The van der Waals surface area contributed by atoms with E-state index in [9.17, 15) is 55.9 Å². The second-order valence-electron chi connectivity index (χ2n) is 21.6. The van der Waals surface area contributed by atoms with Gasteiger partial charge in [-0.15, -0.1) is 0 Å². The normalized spacial score (nSPS) is 53.3. The van der Waals surface area contributed by atoms with Crippen molar-refractivity contribution in [2.24, 2.45) is 44.8 Å². The van der Waals surface area contributed by atoms with Crippen LogP contribution in [0.4, 0.5) is 0 Å². The van der Waals surface area contributed by atoms with Crippen LogP contribution < -0.4 is 0 Å². The summed E-state index contributed by atoms with van der Waals surface area (Å²) < 4.78 is 35.4. The molecule has 0 radical (unpaired) electrons. The van der Waals surface area contributed by atoms with Crippen LogP contribution >= 0.6 is 0 Å². The topological polar surface area (TPSA) is 275 Å². The maximum absolute atomic E-state index is 14.5. The molecule has 3 saturated heterocycles. The van der Waals surface area contributed by atoms with E-state index < -0.39 is 111 Å². The van der Waals surface area contributed by atoms with Crippen molar-refractivity contribution in [1.82, 2.24) is 0 Å². The number of ether oxygens (including phenoxy) is 6. The van der Waals surface area contributed by atoms with Gasteiger partial charge in [0.05, 0.1) is 31.3 Å². The predicted octanol–water partition coefficient (Wildman–Crippen LogP) is 0.310. The number of rotatable bonds is 8. The molecule has 0 aromatic rings. The van der Waals surface area contributed by atoms with Crippen LogP contribution in [-0.2, 0) is 33.2 Å². The molecule has 0 amide bonds. The Labute approximate surface area is 369 Å². The molecule has 17 heteroatoms. The molecule has 0 aromatic heterocycles. The summed E-state index contributed by atoms with van der Waals surface area (Å²) in [6.45, 7) is 14.5. The predicted molar refractivity (Wildman–Crippen MR) is 220 cm³/mol. The van der Waals surface area contributed by atoms with Crippen LogP contribution in [-0.4, -0.2) is 169 Å². The fourth-order valence-electron chi connectivity index (χ4n) is 14.3. The van der Waals surface area contributed by atoms with Gasteiger partial charge in [0.1, 0.15) is 67.1 Å². The second-order valence-corrected chi connectivity index (χ2v) is 21.6. The van der Waals surface area contributed by atoms with Crippen LogP contribution in [0, 0.1) is 44.8 Å². The molecule has 17 nitrogen and oxygen atoms in total. The lowest BCUT2D eigenvalue weighted by atomic mass is 9.34. The van der Waals surface area contributed by atoms with Crippen LogP contribution in [0.3, 0.4) is 0 Å². The van der Waals surface area contributed by atoms with Gasteiger partial charge in [0, 0.05) is 5.92 Å². The van der Waals surface area contributed by atoms with E-state index in [0.29, 0.717) is 38.0 Å². The lowest BCUT2D eigenvalue weighted by Crippen LogP contribution is -2.66. The molecule has 8 rings (SSSR count). The van der Waals surface area contributed by atoms with Gasteiger partial charge in [0.25, 0.3) is 0 Å². The van der Waals surface area contributed by atoms with Gasteiger partial charge in [-0.25, -0.2) is 0 Å². The van der Waals surface area contributed by atoms with Crippen LogP contribution in [0.5, 0.6) is 0 Å². The molecule has 0 spiro atoms. The first-order valence-corrected chi connectivity index (χ1v) is 23.1. The Morgan fingerprint density at radius 3 is 2.02 bits per heavy atom. The Hall–Kier alpha value is -1.65. The molecule has 0 bridgehead atoms. The zero-order chi connectivity index (χ0) is 45.8. The summed E-state index contributed by atoms with van der Waals surface area (Å²) in [6.07, 6.45) is -11.5. The molecule has 358 valence electrons. The number of hydrogen-bond acceptors (Lipinski definition) is 17. The van der Waals surface area contributed by atoms with Crippen molar-refractivity contribution in [3.63, 3.8) is 0 Å². The third-order valence-corrected chi connectivity index (χ3v) is 18.3. The SMILES string of the molecule is C=C1CC[C@]2(C(=O)O[C@@H]3O[C@H](CO)[C@@H](O)[C@H](O)[C@H]3O)CC[C@]3(C)C(=CC[C@@H]4[C@@]5(C)CC[C@H](O[C@@H]6OC[C@H](O)[C@H](O[C@@H]7O[C@H](CO)[C@H](O)[C@H](O)[C@H]7O)[C@H]6O)C(C)(C)C5CC[C@]43C)[C@H]2C1. The third-order valence-electron chi connectivity index (χ3n) is 18.3. The number of carbonyl (C=O) groups is 1. The molecule has 0 aromatic carbocycles. The van der Waals surface area contributed by atoms with Crippen molar-refractivity contribution in [3.05, 3.63) is 23.8 Å². The molecule has 10 N–H and O–H groups in total. The molecule has 3 heterocycles. The zero-order valence-corrected chi connectivity index (χ0v) is 37.2. The second kappa shape index (κ2) is 17.1. The zero-order valence-electron chi connectivity index (χ0n) is 37.2. The maximum Gasteiger partial charge on any atom is 0.315 e. The Morgan fingerprint density at radius 1 is 0.730 bits per heavy atom. The first-order valence-electron chi connectivity index (χ1n) is 23.1. The van der Waals surface area contributed by atoms with E-state index in [4.69, 9.17) is 28.4 Å². The average molecular weight is 897 g/mol. The van der Waals surface area contributed by atoms with Crippen molar-refractivity contribution >= 4 is 5.97 Å². The standard InChI is InChI=1S/C46H72O17/c1-21-9-14-46(41(57)63-40-35(55)33(53)31(51)26(19-48)60-40)16-15-44(5)22(23(46)17-21)7-8-28-43(4)12-11-29(42(2,3)27(43)10-13-45(28,44)6)61-38-36(56)37(24(49)20-58-38)62-39-34(54)32(52)30(50)25(18-47)59-39/h7,23-40,47-56H,1,8-20H2,2-6H3/t23-,24+,25-,26-,27?,28-,29+,30+,31-,32+,33+,34-,35-,36-,37+,38+,39+,40+,43+,44-,45-,46+/m1/s1. The fraction of sp³-hybridized carbons (Fsp3) is 0.891. The Morgan fingerprint density at radius 2 is 1.37 bits per heavy atom. The largest absolute Gasteiger partial charge is 0.432 e. The minimum Gasteiger partial charge on any atom is -0.432 e. The molecule has 7 fully saturated rings. The number of allylic oxidation sites excluding steroid dienone is 3. The van der Waals surface area contributed by atoms with E-state index in [1.165, 1.54) is 5.57 Å². The van der Waals surface area contributed by atoms with E-state index in [1.54, 1.807) is 0 Å². The Bertz CT molecular complexity index is 1740. The van der Waals surface area contributed by atoms with Crippen LogP contribution in [0.1, 0.15) is 98.8 Å². The molecule has 1 unspecified atom stereocenters. The van der Waals surface area contributed by atoms with E-state index in [1.807, 2.05) is 0 Å². The number of hydrogen-bond donors (Lipinski definition) is 10. The molecule has 4 saturated carbocycles. The Balaban J connectivity index is 0.996. The maximum atomic E-state index is 14.5. The highest BCUT2D eigenvalue weighted by Crippen LogP contribution is 2.75. The smallest absolute Gasteiger partial charge is 0.315 e. The lowest BCUT2D eigenvalue weighted by Gasteiger charge is -2.71. The Kier molecular flexibility index (Phi) is 13.0. The van der Waals surface area contributed by atoms with E-state index in [0.717, 1.165) is 37.7 Å². The lowest BCUT2D eigenvalue weighted by molar-refractivity contribution is -0.357. The summed E-state index contributed by atoms with van der Waals surface area (Å²) in [5.74, 6) is -0.184. The molecule has 8 aliphatic rings. The highest BCUT2D eigenvalue weighted by molar-refractivity contribution is 5.79. The summed E-state index contributed by atoms with van der Waals surface area (Å²) in [6, 6.07) is 0. The van der Waals surface area contributed by atoms with Crippen LogP contribution in [0.15, 0.2) is 23.8 Å². The summed E-state index contributed by atoms with van der Waals surface area (Å²) in [5.41, 5.74) is 0.530. The molecular weight excluding hydrogens is 824 g/mol. The quantitative estimate of drug-likeness (QED) is 0.0892. The average Bonchev–Trinajstić information content (AvgIpc) is 3.24. The van der Waals surface area contributed by atoms with Gasteiger partial charge in [0.15, 0.2) is 12.6 Å². The number of carbonyl (C=O) groups excluding carboxylic acids is 1. The molecule has 5 aliphatic carbocycles. The highest BCUT2D eigenvalue weighted by atomic mass is 16.7. The number of aliphatic hydroxyl groups is 10. The van der Waals surface area contributed by atoms with E-state index >= 15 is 0 Å². The summed E-state index contributed by atoms with van der Waals surface area (Å²) >= 11 is 0. The third kappa shape index (κ3) is 7.43. The first kappa shape index (κ1) is 47.8. The van der Waals surface area contributed by atoms with E-state index in [-0.39, 0.29) is 46.2 Å². The highest BCUT2D eigenvalue weighted by Gasteiger charge is 2.69. The van der Waals surface area contributed by atoms with Crippen molar-refractivity contribution in [2.45, 2.75) is 191 Å². The number of fused-ring (bicyclic) bond motifs is 7. The van der Waals surface area contributed by atoms with Crippen LogP contribution in [0.2, 0.25) is 0 Å². The number of aliphatic hydroxyl groups excluding tert-OH is 10. The van der Waals surface area contributed by atoms with Gasteiger partial charge in [-0.3, -0.25) is 4.79 Å². The van der Waals surface area contributed by atoms with Gasteiger partial charge in [-0.2, -0.15) is 0 Å². The first-order chi connectivity index (χ1) is 29.6. The molecule has 3 aliphatic heterocycles. The minimum absolute atomic E-state index is 0.106. The van der Waals surface area contributed by atoms with Gasteiger partial charge < -0.3 is 79.5 Å². The number of esters is 1. The summed E-state index contributed by atoms with van der Waals surface area (Å²) in [7, 11) is 0. The fourth-order valence-corrected chi connectivity index (χ4v) is 14.3. The summed E-state index contributed by atoms with van der Waals surface area (Å²) in [5, 5.41) is 104. The van der Waals surface area contributed by atoms with Crippen molar-refractivity contribution in [1.29, 1.82) is 0 Å². The van der Waals surface area contributed by atoms with Gasteiger partial charge in [-0.1, -0.05) is 58.4 Å². The van der Waals surface area contributed by atoms with Crippen molar-refractivity contribution < 1.29 is 84.3 Å². The monoisotopic (exact) mass is 896 g/mol.